The van der Waals surface area contributed by atoms with Crippen molar-refractivity contribution in [1.29, 1.82) is 0 Å². The van der Waals surface area contributed by atoms with Gasteiger partial charge in [0.15, 0.2) is 0 Å². The van der Waals surface area contributed by atoms with Crippen LogP contribution in [0.2, 0.25) is 0 Å². The lowest BCUT2D eigenvalue weighted by atomic mass is 10.00. The quantitative estimate of drug-likeness (QED) is 0.847. The van der Waals surface area contributed by atoms with Crippen molar-refractivity contribution in [3.63, 3.8) is 0 Å². The Morgan fingerprint density at radius 2 is 2.08 bits per heavy atom. The normalized spacial score (nSPS) is 17.9. The van der Waals surface area contributed by atoms with E-state index in [-0.39, 0.29) is 11.9 Å². The molecule has 0 aliphatic carbocycles. The van der Waals surface area contributed by atoms with Gasteiger partial charge in [-0.25, -0.2) is 4.98 Å². The summed E-state index contributed by atoms with van der Waals surface area (Å²) in [6, 6.07) is 11.3. The fourth-order valence-corrected chi connectivity index (χ4v) is 3.61. The van der Waals surface area contributed by atoms with Crippen molar-refractivity contribution in [3.05, 3.63) is 58.6 Å². The van der Waals surface area contributed by atoms with Crippen LogP contribution in [0.25, 0.3) is 6.08 Å². The Morgan fingerprint density at radius 1 is 1.33 bits per heavy atom. The summed E-state index contributed by atoms with van der Waals surface area (Å²) in [5.41, 5.74) is 3.95. The average Bonchev–Trinajstić information content (AvgIpc) is 3.14. The number of hydrogen-bond donors (Lipinski definition) is 1. The molecule has 0 spiro atoms. The first-order valence-corrected chi connectivity index (χ1v) is 9.32. The average molecular weight is 341 g/mol. The van der Waals surface area contributed by atoms with Crippen LogP contribution in [0.5, 0.6) is 0 Å². The number of carbonyl (C=O) groups is 1. The Morgan fingerprint density at radius 3 is 2.75 bits per heavy atom. The number of carbonyl (C=O) groups excluding carboxylic acids is 1. The molecule has 1 unspecified atom stereocenters. The van der Waals surface area contributed by atoms with Gasteiger partial charge in [-0.05, 0) is 31.4 Å². The molecule has 2 aromatic rings. The predicted molar refractivity (Wildman–Crippen MR) is 98.7 cm³/mol. The van der Waals surface area contributed by atoms with Crippen molar-refractivity contribution < 1.29 is 4.79 Å². The minimum atomic E-state index is -0.0300. The number of aromatic nitrogens is 1. The molecule has 1 aliphatic heterocycles. The molecule has 1 N–H and O–H groups in total. The maximum absolute atomic E-state index is 12.0. The van der Waals surface area contributed by atoms with Crippen molar-refractivity contribution in [2.45, 2.75) is 31.8 Å². The second-order valence-electron chi connectivity index (χ2n) is 6.15. The first-order valence-electron chi connectivity index (χ1n) is 8.38. The van der Waals surface area contributed by atoms with Gasteiger partial charge >= 0.3 is 0 Å². The zero-order chi connectivity index (χ0) is 16.8. The van der Waals surface area contributed by atoms with Gasteiger partial charge in [0, 0.05) is 36.6 Å². The third kappa shape index (κ3) is 4.52. The van der Waals surface area contributed by atoms with Gasteiger partial charge < -0.3 is 5.32 Å². The van der Waals surface area contributed by atoms with Crippen molar-refractivity contribution >= 4 is 23.3 Å². The van der Waals surface area contributed by atoms with Crippen LogP contribution in [0.3, 0.4) is 0 Å². The SMILES string of the molecule is CC(c1ccccc1)N1CCC(NC(=O)/C=C/c2cscn2)CC1. The van der Waals surface area contributed by atoms with Crippen LogP contribution in [0.4, 0.5) is 0 Å². The fraction of sp³-hybridized carbons (Fsp3) is 0.368. The Labute approximate surface area is 147 Å². The lowest BCUT2D eigenvalue weighted by Gasteiger charge is -2.36. The van der Waals surface area contributed by atoms with Crippen LogP contribution < -0.4 is 5.32 Å². The van der Waals surface area contributed by atoms with Gasteiger partial charge in [0.2, 0.25) is 5.91 Å². The molecule has 1 fully saturated rings. The molecule has 3 rings (SSSR count). The maximum Gasteiger partial charge on any atom is 0.244 e. The van der Waals surface area contributed by atoms with Crippen molar-refractivity contribution in [2.24, 2.45) is 0 Å². The second kappa shape index (κ2) is 8.22. The van der Waals surface area contributed by atoms with E-state index in [1.165, 1.54) is 16.9 Å². The maximum atomic E-state index is 12.0. The number of amides is 1. The lowest BCUT2D eigenvalue weighted by Crippen LogP contribution is -2.44. The first-order chi connectivity index (χ1) is 11.7. The Balaban J connectivity index is 1.46. The van der Waals surface area contributed by atoms with E-state index in [1.807, 2.05) is 5.38 Å². The van der Waals surface area contributed by atoms with Gasteiger partial charge in [-0.2, -0.15) is 0 Å². The summed E-state index contributed by atoms with van der Waals surface area (Å²) in [5.74, 6) is -0.0300. The van der Waals surface area contributed by atoms with E-state index in [0.717, 1.165) is 31.6 Å². The Kier molecular flexibility index (Phi) is 5.77. The van der Waals surface area contributed by atoms with Gasteiger partial charge in [0.05, 0.1) is 11.2 Å². The van der Waals surface area contributed by atoms with Gasteiger partial charge in [0.1, 0.15) is 0 Å². The van der Waals surface area contributed by atoms with Gasteiger partial charge in [-0.15, -0.1) is 11.3 Å². The first kappa shape index (κ1) is 16.9. The van der Waals surface area contributed by atoms with Crippen LogP contribution >= 0.6 is 11.3 Å². The van der Waals surface area contributed by atoms with Crippen molar-refractivity contribution in [1.82, 2.24) is 15.2 Å². The summed E-state index contributed by atoms with van der Waals surface area (Å²) in [6.45, 7) is 4.28. The molecule has 24 heavy (non-hydrogen) atoms. The van der Waals surface area contributed by atoms with E-state index >= 15 is 0 Å². The van der Waals surface area contributed by atoms with Crippen LogP contribution in [0.15, 0.2) is 47.3 Å². The Hall–Kier alpha value is -1.98. The van der Waals surface area contributed by atoms with E-state index in [2.05, 4.69) is 52.5 Å². The van der Waals surface area contributed by atoms with E-state index in [1.54, 1.807) is 17.7 Å². The lowest BCUT2D eigenvalue weighted by molar-refractivity contribution is -0.117. The molecule has 1 aromatic carbocycles. The molecule has 1 aromatic heterocycles. The molecule has 0 radical (unpaired) electrons. The van der Waals surface area contributed by atoms with Gasteiger partial charge in [-0.1, -0.05) is 30.3 Å². The third-order valence-electron chi connectivity index (χ3n) is 4.56. The summed E-state index contributed by atoms with van der Waals surface area (Å²) in [7, 11) is 0. The number of benzene rings is 1. The highest BCUT2D eigenvalue weighted by atomic mass is 32.1. The number of nitrogens with one attached hydrogen (secondary N) is 1. The molecule has 1 atom stereocenters. The number of piperidine rings is 1. The number of nitrogens with zero attached hydrogens (tertiary/aromatic N) is 2. The number of hydrogen-bond acceptors (Lipinski definition) is 4. The molecular formula is C19H23N3OS. The van der Waals surface area contributed by atoms with Crippen LogP contribution in [0.1, 0.15) is 37.1 Å². The highest BCUT2D eigenvalue weighted by Crippen LogP contribution is 2.23. The van der Waals surface area contributed by atoms with E-state index < -0.39 is 0 Å². The van der Waals surface area contributed by atoms with Crippen LogP contribution in [-0.2, 0) is 4.79 Å². The molecule has 4 nitrogen and oxygen atoms in total. The Bertz CT molecular complexity index is 661. The number of rotatable bonds is 5. The molecule has 1 saturated heterocycles. The van der Waals surface area contributed by atoms with E-state index in [4.69, 9.17) is 0 Å². The molecular weight excluding hydrogens is 318 g/mol. The summed E-state index contributed by atoms with van der Waals surface area (Å²) in [4.78, 5) is 18.6. The molecule has 126 valence electrons. The number of likely N-dealkylation sites (tertiary alicyclic amines) is 1. The minimum absolute atomic E-state index is 0.0300. The van der Waals surface area contributed by atoms with Crippen LogP contribution in [-0.4, -0.2) is 34.9 Å². The van der Waals surface area contributed by atoms with E-state index in [0.29, 0.717) is 6.04 Å². The van der Waals surface area contributed by atoms with Gasteiger partial charge in [-0.3, -0.25) is 9.69 Å². The predicted octanol–water partition coefficient (Wildman–Crippen LogP) is 3.50. The molecule has 1 aliphatic rings. The van der Waals surface area contributed by atoms with Crippen molar-refractivity contribution in [3.8, 4) is 0 Å². The molecule has 1 amide bonds. The third-order valence-corrected chi connectivity index (χ3v) is 5.17. The largest absolute Gasteiger partial charge is 0.350 e. The molecule has 2 heterocycles. The van der Waals surface area contributed by atoms with E-state index in [9.17, 15) is 4.79 Å². The summed E-state index contributed by atoms with van der Waals surface area (Å²) in [6.07, 6.45) is 5.33. The molecule has 5 heteroatoms. The monoisotopic (exact) mass is 341 g/mol. The van der Waals surface area contributed by atoms with Crippen LogP contribution in [0, 0.1) is 0 Å². The zero-order valence-electron chi connectivity index (χ0n) is 13.9. The highest BCUT2D eigenvalue weighted by molar-refractivity contribution is 7.07. The summed E-state index contributed by atoms with van der Waals surface area (Å²) in [5, 5.41) is 5.03. The zero-order valence-corrected chi connectivity index (χ0v) is 14.7. The molecule has 0 saturated carbocycles. The number of thiazole rings is 1. The van der Waals surface area contributed by atoms with Gasteiger partial charge in [0.25, 0.3) is 0 Å². The fourth-order valence-electron chi connectivity index (χ4n) is 3.09. The smallest absolute Gasteiger partial charge is 0.244 e. The highest BCUT2D eigenvalue weighted by Gasteiger charge is 2.23. The summed E-state index contributed by atoms with van der Waals surface area (Å²) >= 11 is 1.53. The van der Waals surface area contributed by atoms with Crippen molar-refractivity contribution in [2.75, 3.05) is 13.1 Å². The topological polar surface area (TPSA) is 45.2 Å². The molecule has 0 bridgehead atoms. The standard InChI is InChI=1S/C19H23N3OS/c1-15(16-5-3-2-4-6-16)22-11-9-17(10-12-22)21-19(23)8-7-18-13-24-14-20-18/h2-8,13-15,17H,9-12H2,1H3,(H,21,23)/b8-7+. The second-order valence-corrected chi connectivity index (χ2v) is 6.87. The minimum Gasteiger partial charge on any atom is -0.350 e. The summed E-state index contributed by atoms with van der Waals surface area (Å²) < 4.78 is 0.